The van der Waals surface area contributed by atoms with Crippen LogP contribution in [0.25, 0.3) is 11.1 Å². The van der Waals surface area contributed by atoms with E-state index in [1.807, 2.05) is 89.9 Å². The molecule has 0 bridgehead atoms. The molecule has 1 aliphatic carbocycles. The van der Waals surface area contributed by atoms with Crippen LogP contribution in [-0.2, 0) is 13.6 Å². The summed E-state index contributed by atoms with van der Waals surface area (Å²) in [4.78, 5) is 22.7. The van der Waals surface area contributed by atoms with E-state index in [0.29, 0.717) is 17.9 Å². The fraction of sp³-hybridized carbons (Fsp3) is 0.281. The molecule has 2 amide bonds. The number of anilines is 2. The number of nitrogens with one attached hydrogen (secondary N) is 3. The van der Waals surface area contributed by atoms with Gasteiger partial charge in [0.05, 0.1) is 18.0 Å². The van der Waals surface area contributed by atoms with Gasteiger partial charge in [0.2, 0.25) is 0 Å². The van der Waals surface area contributed by atoms with E-state index in [0.717, 1.165) is 54.5 Å². The molecule has 1 atom stereocenters. The molecule has 1 aliphatic heterocycles. The summed E-state index contributed by atoms with van der Waals surface area (Å²) in [6.45, 7) is 0.399. The number of aryl methyl sites for hydroxylation is 1. The molecule has 0 radical (unpaired) electrons. The van der Waals surface area contributed by atoms with Crippen molar-refractivity contribution in [1.29, 1.82) is 5.26 Å². The smallest absolute Gasteiger partial charge is 0.323 e. The number of nitrogens with zero attached hydrogens (tertiary/aromatic N) is 7. The normalized spacial score (nSPS) is 17.6. The third-order valence-corrected chi connectivity index (χ3v) is 7.95. The molecule has 1 saturated carbocycles. The maximum Gasteiger partial charge on any atom is 0.323 e. The maximum absolute atomic E-state index is 14.3. The number of H-pyrrole nitrogens is 1. The summed E-state index contributed by atoms with van der Waals surface area (Å²) in [6, 6.07) is 21.7. The van der Waals surface area contributed by atoms with Crippen LogP contribution < -0.4 is 20.4 Å². The van der Waals surface area contributed by atoms with Gasteiger partial charge in [0.25, 0.3) is 0 Å². The largest absolute Gasteiger partial charge is 0.334 e. The van der Waals surface area contributed by atoms with Crippen molar-refractivity contribution in [2.75, 3.05) is 9.80 Å². The van der Waals surface area contributed by atoms with Gasteiger partial charge in [-0.1, -0.05) is 48.9 Å². The lowest BCUT2D eigenvalue weighted by atomic mass is 9.86. The van der Waals surface area contributed by atoms with E-state index >= 15 is 0 Å². The predicted molar refractivity (Wildman–Crippen MR) is 166 cm³/mol. The zero-order valence-electron chi connectivity index (χ0n) is 24.0. The number of amides is 2. The van der Waals surface area contributed by atoms with Crippen molar-refractivity contribution in [3.8, 4) is 17.2 Å². The lowest BCUT2D eigenvalue weighted by molar-refractivity contribution is 0.188. The number of benzene rings is 2. The summed E-state index contributed by atoms with van der Waals surface area (Å²) in [5, 5.41) is 27.9. The number of aromatic nitrogens is 4. The number of rotatable bonds is 8. The second-order valence-electron chi connectivity index (χ2n) is 10.9. The van der Waals surface area contributed by atoms with Crippen LogP contribution in [0.15, 0.2) is 96.0 Å². The highest BCUT2D eigenvalue weighted by atomic mass is 16.2. The van der Waals surface area contributed by atoms with Crippen LogP contribution in [0, 0.1) is 11.3 Å². The lowest BCUT2D eigenvalue weighted by Gasteiger charge is -2.49. The number of nitriles is 1. The first kappa shape index (κ1) is 27.9. The summed E-state index contributed by atoms with van der Waals surface area (Å²) >= 11 is 0. The van der Waals surface area contributed by atoms with Crippen molar-refractivity contribution in [3.05, 3.63) is 96.6 Å². The highest BCUT2D eigenvalue weighted by molar-refractivity contribution is 5.94. The van der Waals surface area contributed by atoms with E-state index in [4.69, 9.17) is 4.99 Å². The van der Waals surface area contributed by atoms with Crippen molar-refractivity contribution in [1.82, 2.24) is 30.6 Å². The van der Waals surface area contributed by atoms with Gasteiger partial charge in [-0.15, -0.1) is 0 Å². The molecule has 6 rings (SSSR count). The molecule has 2 aliphatic rings. The van der Waals surface area contributed by atoms with E-state index in [2.05, 4.69) is 32.0 Å². The first-order chi connectivity index (χ1) is 21.0. The summed E-state index contributed by atoms with van der Waals surface area (Å²) in [7, 11) is 1.89. The minimum absolute atomic E-state index is 0.200. The maximum atomic E-state index is 14.3. The first-order valence-corrected chi connectivity index (χ1v) is 14.5. The third kappa shape index (κ3) is 6.05. The fourth-order valence-electron chi connectivity index (χ4n) is 5.83. The number of aromatic amines is 1. The Bertz CT molecular complexity index is 1630. The molecule has 1 unspecified atom stereocenters. The molecule has 43 heavy (non-hydrogen) atoms. The summed E-state index contributed by atoms with van der Waals surface area (Å²) < 4.78 is 1.77. The molecule has 3 heterocycles. The zero-order chi connectivity index (χ0) is 29.6. The van der Waals surface area contributed by atoms with E-state index in [1.54, 1.807) is 23.3 Å². The Balaban J connectivity index is 1.37. The van der Waals surface area contributed by atoms with Gasteiger partial charge in [-0.25, -0.2) is 4.79 Å². The van der Waals surface area contributed by atoms with Gasteiger partial charge in [-0.3, -0.25) is 29.9 Å². The number of aliphatic imine (C=N–C) groups is 1. The number of urea groups is 1. The van der Waals surface area contributed by atoms with E-state index in [1.165, 1.54) is 0 Å². The molecule has 3 N–H and O–H groups in total. The molecule has 2 aromatic heterocycles. The number of allylic oxidation sites excluding steroid dienone is 1. The van der Waals surface area contributed by atoms with Gasteiger partial charge in [0, 0.05) is 49.5 Å². The zero-order valence-corrected chi connectivity index (χ0v) is 24.0. The van der Waals surface area contributed by atoms with Gasteiger partial charge in [0.1, 0.15) is 17.5 Å². The van der Waals surface area contributed by atoms with E-state index in [-0.39, 0.29) is 6.03 Å². The Morgan fingerprint density at radius 3 is 2.56 bits per heavy atom. The molecule has 11 heteroatoms. The minimum atomic E-state index is -0.757. The van der Waals surface area contributed by atoms with E-state index in [9.17, 15) is 10.1 Å². The molecule has 2 aromatic carbocycles. The monoisotopic (exact) mass is 574 g/mol. The SMILES string of the molecule is Cn1cc(-c2ccc(N(C(=O)NCc3ccccc3)C3(NC4N=CC(C#N)=CN4c4ccn[nH]4)CCCCC3)cc2)cn1. The Morgan fingerprint density at radius 2 is 1.88 bits per heavy atom. The van der Waals surface area contributed by atoms with Gasteiger partial charge >= 0.3 is 6.03 Å². The minimum Gasteiger partial charge on any atom is -0.334 e. The summed E-state index contributed by atoms with van der Waals surface area (Å²) in [5.74, 6) is 0.689. The van der Waals surface area contributed by atoms with Crippen LogP contribution in [-0.4, -0.2) is 44.2 Å². The first-order valence-electron chi connectivity index (χ1n) is 14.5. The van der Waals surface area contributed by atoms with Crippen molar-refractivity contribution in [3.63, 3.8) is 0 Å². The fourth-order valence-corrected chi connectivity index (χ4v) is 5.83. The molecule has 1 fully saturated rings. The summed E-state index contributed by atoms with van der Waals surface area (Å²) in [5.41, 5.74) is 3.48. The predicted octanol–water partition coefficient (Wildman–Crippen LogP) is 5.06. The Labute approximate surface area is 250 Å². The number of carbonyl (C=O) groups is 1. The van der Waals surface area contributed by atoms with Crippen LogP contribution >= 0.6 is 0 Å². The molecule has 0 saturated heterocycles. The topological polar surface area (TPSA) is 130 Å². The molecule has 11 nitrogen and oxygen atoms in total. The number of hydrogen-bond donors (Lipinski definition) is 3. The molecule has 4 aromatic rings. The van der Waals surface area contributed by atoms with Crippen LogP contribution in [0.2, 0.25) is 0 Å². The van der Waals surface area contributed by atoms with Crippen LogP contribution in [0.4, 0.5) is 16.3 Å². The van der Waals surface area contributed by atoms with Gasteiger partial charge < -0.3 is 5.32 Å². The Kier molecular flexibility index (Phi) is 8.02. The van der Waals surface area contributed by atoms with Crippen LogP contribution in [0.5, 0.6) is 0 Å². The average molecular weight is 575 g/mol. The second kappa shape index (κ2) is 12.3. The van der Waals surface area contributed by atoms with Crippen LogP contribution in [0.1, 0.15) is 37.7 Å². The van der Waals surface area contributed by atoms with Gasteiger partial charge in [0.15, 0.2) is 6.29 Å². The summed E-state index contributed by atoms with van der Waals surface area (Å²) in [6.07, 6.45) is 12.6. The Morgan fingerprint density at radius 1 is 1.09 bits per heavy atom. The molecule has 218 valence electrons. The standard InChI is InChI=1S/C32H34N10O/c1-40-23-27(21-37-40)26-10-12-28(13-11-26)42(31(43)35-19-24-8-4-2-5-9-24)32(15-6-3-7-16-32)38-30-34-20-25(18-33)22-41(30)29-14-17-36-39-29/h2,4-5,8-14,17,20-23,30,38H,3,6-7,15-16,19H2,1H3,(H,35,43)(H,36,39). The van der Waals surface area contributed by atoms with Crippen molar-refractivity contribution in [2.24, 2.45) is 12.0 Å². The number of carbonyl (C=O) groups excluding carboxylic acids is 1. The lowest BCUT2D eigenvalue weighted by Crippen LogP contribution is -2.68. The van der Waals surface area contributed by atoms with Crippen molar-refractivity contribution < 1.29 is 4.79 Å². The van der Waals surface area contributed by atoms with Gasteiger partial charge in [-0.05, 0) is 48.9 Å². The molecule has 0 spiro atoms. The van der Waals surface area contributed by atoms with E-state index < -0.39 is 12.0 Å². The number of hydrogen-bond acceptors (Lipinski definition) is 7. The van der Waals surface area contributed by atoms with Crippen molar-refractivity contribution >= 4 is 23.8 Å². The van der Waals surface area contributed by atoms with Crippen molar-refractivity contribution in [2.45, 2.75) is 50.6 Å². The third-order valence-electron chi connectivity index (χ3n) is 7.95. The quantitative estimate of drug-likeness (QED) is 0.252. The van der Waals surface area contributed by atoms with Crippen LogP contribution in [0.3, 0.4) is 0 Å². The highest BCUT2D eigenvalue weighted by Gasteiger charge is 2.44. The highest BCUT2D eigenvalue weighted by Crippen LogP contribution is 2.37. The molecular formula is C32H34N10O. The second-order valence-corrected chi connectivity index (χ2v) is 10.9. The Hall–Kier alpha value is -5.21. The molecular weight excluding hydrogens is 540 g/mol. The average Bonchev–Trinajstić information content (AvgIpc) is 3.74. The van der Waals surface area contributed by atoms with Gasteiger partial charge in [-0.2, -0.15) is 15.5 Å².